The zero-order chi connectivity index (χ0) is 19.3. The molecule has 0 bridgehead atoms. The number of hydrogen-bond donors (Lipinski definition) is 1. The van der Waals surface area contributed by atoms with E-state index in [-0.39, 0.29) is 28.8 Å². The molecule has 0 aliphatic rings. The first-order valence-electron chi connectivity index (χ1n) is 7.92. The molecule has 0 aromatic heterocycles. The molecule has 7 nitrogen and oxygen atoms in total. The second-order valence-corrected chi connectivity index (χ2v) is 6.37. The van der Waals surface area contributed by atoms with Crippen molar-refractivity contribution in [3.05, 3.63) is 62.1 Å². The fourth-order valence-electron chi connectivity index (χ4n) is 2.42. The Balaban J connectivity index is 2.34. The van der Waals surface area contributed by atoms with E-state index in [4.69, 9.17) is 9.47 Å². The van der Waals surface area contributed by atoms with E-state index in [9.17, 15) is 14.9 Å². The first-order valence-corrected chi connectivity index (χ1v) is 8.72. The molecule has 138 valence electrons. The van der Waals surface area contributed by atoms with Crippen molar-refractivity contribution in [1.29, 1.82) is 0 Å². The molecule has 2 aromatic rings. The van der Waals surface area contributed by atoms with Crippen LogP contribution in [0.4, 0.5) is 5.69 Å². The quantitative estimate of drug-likeness (QED) is 0.531. The van der Waals surface area contributed by atoms with Crippen LogP contribution in [-0.4, -0.2) is 24.5 Å². The fourth-order valence-corrected chi connectivity index (χ4v) is 2.68. The number of amides is 1. The van der Waals surface area contributed by atoms with E-state index in [1.807, 2.05) is 24.3 Å². The van der Waals surface area contributed by atoms with E-state index in [1.54, 1.807) is 13.8 Å². The molecule has 0 aliphatic heterocycles. The van der Waals surface area contributed by atoms with Gasteiger partial charge in [-0.3, -0.25) is 14.9 Å². The number of halogens is 1. The summed E-state index contributed by atoms with van der Waals surface area (Å²) in [6, 6.07) is 9.66. The number of nitro benzene ring substituents is 1. The van der Waals surface area contributed by atoms with Gasteiger partial charge in [-0.25, -0.2) is 0 Å². The monoisotopic (exact) mass is 422 g/mol. The summed E-state index contributed by atoms with van der Waals surface area (Å²) in [4.78, 5) is 23.4. The maximum atomic E-state index is 12.6. The van der Waals surface area contributed by atoms with Crippen molar-refractivity contribution in [3.63, 3.8) is 0 Å². The van der Waals surface area contributed by atoms with Gasteiger partial charge in [0.1, 0.15) is 5.56 Å². The number of nitro groups is 1. The first kappa shape index (κ1) is 19.7. The van der Waals surface area contributed by atoms with Gasteiger partial charge in [0.05, 0.1) is 30.7 Å². The van der Waals surface area contributed by atoms with E-state index < -0.39 is 10.8 Å². The Bertz CT molecular complexity index is 808. The van der Waals surface area contributed by atoms with Crippen molar-refractivity contribution in [2.45, 2.75) is 19.9 Å². The maximum Gasteiger partial charge on any atom is 0.286 e. The third-order valence-electron chi connectivity index (χ3n) is 3.74. The van der Waals surface area contributed by atoms with Crippen LogP contribution in [0.2, 0.25) is 0 Å². The molecule has 26 heavy (non-hydrogen) atoms. The number of ether oxygens (including phenoxy) is 2. The molecule has 1 N–H and O–H groups in total. The molecule has 1 atom stereocenters. The smallest absolute Gasteiger partial charge is 0.286 e. The van der Waals surface area contributed by atoms with Crippen molar-refractivity contribution in [2.75, 3.05) is 13.7 Å². The molecule has 0 saturated carbocycles. The highest BCUT2D eigenvalue weighted by molar-refractivity contribution is 9.10. The highest BCUT2D eigenvalue weighted by Gasteiger charge is 2.25. The molecule has 0 spiro atoms. The topological polar surface area (TPSA) is 90.7 Å². The number of rotatable bonds is 7. The van der Waals surface area contributed by atoms with Crippen molar-refractivity contribution >= 4 is 27.5 Å². The van der Waals surface area contributed by atoms with Crippen LogP contribution >= 0.6 is 15.9 Å². The van der Waals surface area contributed by atoms with Gasteiger partial charge in [-0.15, -0.1) is 0 Å². The van der Waals surface area contributed by atoms with Crippen LogP contribution in [0.25, 0.3) is 0 Å². The summed E-state index contributed by atoms with van der Waals surface area (Å²) in [6.45, 7) is 3.88. The maximum absolute atomic E-state index is 12.6. The molecule has 0 fully saturated rings. The van der Waals surface area contributed by atoms with E-state index >= 15 is 0 Å². The summed E-state index contributed by atoms with van der Waals surface area (Å²) < 4.78 is 11.5. The Morgan fingerprint density at radius 1 is 1.27 bits per heavy atom. The molecule has 1 unspecified atom stereocenters. The van der Waals surface area contributed by atoms with E-state index in [0.717, 1.165) is 10.0 Å². The molecular weight excluding hydrogens is 404 g/mol. The van der Waals surface area contributed by atoms with E-state index in [0.29, 0.717) is 6.61 Å². The SMILES string of the molecule is CCOc1cc([N+](=O)[O-])c(C(=O)NC(C)c2ccc(Br)cc2)cc1OC. The van der Waals surface area contributed by atoms with Gasteiger partial charge >= 0.3 is 0 Å². The second kappa shape index (κ2) is 8.66. The molecule has 0 aliphatic carbocycles. The van der Waals surface area contributed by atoms with Crippen LogP contribution in [0, 0.1) is 10.1 Å². The minimum absolute atomic E-state index is 0.0840. The van der Waals surface area contributed by atoms with Crippen LogP contribution in [0.15, 0.2) is 40.9 Å². The summed E-state index contributed by atoms with van der Waals surface area (Å²) in [7, 11) is 1.41. The van der Waals surface area contributed by atoms with Gasteiger partial charge in [-0.05, 0) is 31.5 Å². The number of carbonyl (C=O) groups excluding carboxylic acids is 1. The Kier molecular flexibility index (Phi) is 6.57. The van der Waals surface area contributed by atoms with Crippen LogP contribution in [0.5, 0.6) is 11.5 Å². The molecule has 0 radical (unpaired) electrons. The molecular formula is C18H19BrN2O5. The molecule has 0 heterocycles. The summed E-state index contributed by atoms with van der Waals surface area (Å²) in [5.41, 5.74) is 0.455. The number of carbonyl (C=O) groups is 1. The lowest BCUT2D eigenvalue weighted by Gasteiger charge is -2.16. The number of nitrogens with one attached hydrogen (secondary N) is 1. The number of nitrogens with zero attached hydrogens (tertiary/aromatic N) is 1. The van der Waals surface area contributed by atoms with Crippen LogP contribution in [0.1, 0.15) is 35.8 Å². The lowest BCUT2D eigenvalue weighted by molar-refractivity contribution is -0.385. The summed E-state index contributed by atoms with van der Waals surface area (Å²) in [5, 5.41) is 14.2. The van der Waals surface area contributed by atoms with Gasteiger partial charge < -0.3 is 14.8 Å². The molecule has 2 rings (SSSR count). The van der Waals surface area contributed by atoms with Gasteiger partial charge in [0.2, 0.25) is 0 Å². The third kappa shape index (κ3) is 4.51. The van der Waals surface area contributed by atoms with Crippen LogP contribution in [0.3, 0.4) is 0 Å². The highest BCUT2D eigenvalue weighted by atomic mass is 79.9. The van der Waals surface area contributed by atoms with Gasteiger partial charge in [-0.2, -0.15) is 0 Å². The lowest BCUT2D eigenvalue weighted by Crippen LogP contribution is -2.27. The normalized spacial score (nSPS) is 11.5. The number of hydrogen-bond acceptors (Lipinski definition) is 5. The largest absolute Gasteiger partial charge is 0.493 e. The Morgan fingerprint density at radius 3 is 2.46 bits per heavy atom. The summed E-state index contributed by atoms with van der Waals surface area (Å²) in [6.07, 6.45) is 0. The standard InChI is InChI=1S/C18H19BrN2O5/c1-4-26-17-10-15(21(23)24)14(9-16(17)25-3)18(22)20-11(2)12-5-7-13(19)8-6-12/h5-11H,4H2,1-3H3,(H,20,22). The van der Waals surface area contributed by atoms with Gasteiger partial charge in [-0.1, -0.05) is 28.1 Å². The minimum Gasteiger partial charge on any atom is -0.493 e. The van der Waals surface area contributed by atoms with Crippen molar-refractivity contribution < 1.29 is 19.2 Å². The zero-order valence-electron chi connectivity index (χ0n) is 14.6. The van der Waals surface area contributed by atoms with Crippen molar-refractivity contribution in [3.8, 4) is 11.5 Å². The molecule has 0 saturated heterocycles. The lowest BCUT2D eigenvalue weighted by atomic mass is 10.1. The average Bonchev–Trinajstić information content (AvgIpc) is 2.61. The number of methoxy groups -OCH3 is 1. The van der Waals surface area contributed by atoms with Crippen LogP contribution < -0.4 is 14.8 Å². The van der Waals surface area contributed by atoms with E-state index in [2.05, 4.69) is 21.2 Å². The fraction of sp³-hybridized carbons (Fsp3) is 0.278. The van der Waals surface area contributed by atoms with E-state index in [1.165, 1.54) is 19.2 Å². The third-order valence-corrected chi connectivity index (χ3v) is 4.27. The van der Waals surface area contributed by atoms with Crippen molar-refractivity contribution in [1.82, 2.24) is 5.32 Å². The number of benzene rings is 2. The second-order valence-electron chi connectivity index (χ2n) is 5.46. The summed E-state index contributed by atoms with van der Waals surface area (Å²) in [5.74, 6) is -0.0772. The van der Waals surface area contributed by atoms with Gasteiger partial charge in [0.15, 0.2) is 11.5 Å². The predicted octanol–water partition coefficient (Wildman–Crippen LogP) is 4.26. The molecule has 2 aromatic carbocycles. The zero-order valence-corrected chi connectivity index (χ0v) is 16.2. The Hall–Kier alpha value is -2.61. The summed E-state index contributed by atoms with van der Waals surface area (Å²) >= 11 is 3.35. The molecule has 1 amide bonds. The highest BCUT2D eigenvalue weighted by Crippen LogP contribution is 2.35. The Labute approximate surface area is 159 Å². The van der Waals surface area contributed by atoms with Gasteiger partial charge in [0.25, 0.3) is 11.6 Å². The van der Waals surface area contributed by atoms with Gasteiger partial charge in [0, 0.05) is 10.5 Å². The Morgan fingerprint density at radius 2 is 1.92 bits per heavy atom. The van der Waals surface area contributed by atoms with Crippen LogP contribution in [-0.2, 0) is 0 Å². The first-order chi connectivity index (χ1) is 12.4. The minimum atomic E-state index is -0.610. The predicted molar refractivity (Wildman–Crippen MR) is 101 cm³/mol. The average molecular weight is 423 g/mol. The van der Waals surface area contributed by atoms with Crippen molar-refractivity contribution in [2.24, 2.45) is 0 Å². The molecule has 8 heteroatoms.